The van der Waals surface area contributed by atoms with Crippen LogP contribution in [0.3, 0.4) is 0 Å². The van der Waals surface area contributed by atoms with Crippen molar-refractivity contribution < 1.29 is 13.9 Å². The number of rotatable bonds is 2. The topological polar surface area (TPSA) is 33.1 Å². The highest BCUT2D eigenvalue weighted by Crippen LogP contribution is 2.25. The van der Waals surface area contributed by atoms with E-state index in [0.29, 0.717) is 0 Å². The first-order chi connectivity index (χ1) is 8.09. The van der Waals surface area contributed by atoms with Crippen molar-refractivity contribution in [1.29, 1.82) is 0 Å². The first-order valence-corrected chi connectivity index (χ1v) is 5.14. The van der Waals surface area contributed by atoms with Crippen LogP contribution in [0, 0.1) is 18.6 Å². The van der Waals surface area contributed by atoms with E-state index >= 15 is 0 Å². The second-order valence-corrected chi connectivity index (χ2v) is 3.80. The van der Waals surface area contributed by atoms with Crippen molar-refractivity contribution in [2.24, 2.45) is 0 Å². The Labute approximate surface area is 97.6 Å². The van der Waals surface area contributed by atoms with Gasteiger partial charge in [0.2, 0.25) is 0 Å². The van der Waals surface area contributed by atoms with E-state index < -0.39 is 17.7 Å². The molecule has 0 saturated carbocycles. The summed E-state index contributed by atoms with van der Waals surface area (Å²) in [5.74, 6) is -1.56. The smallest absolute Gasteiger partial charge is 0.132 e. The maximum Gasteiger partial charge on any atom is 0.132 e. The van der Waals surface area contributed by atoms with Gasteiger partial charge in [-0.15, -0.1) is 0 Å². The van der Waals surface area contributed by atoms with Crippen LogP contribution in [0.4, 0.5) is 8.78 Å². The van der Waals surface area contributed by atoms with E-state index in [2.05, 4.69) is 4.98 Å². The standard InChI is InChI=1S/C13H11F2NO/c1-8-5-6-11(16-7-8)13(17)12-9(14)3-2-4-10(12)15/h2-7,13,17H,1H3. The van der Waals surface area contributed by atoms with Crippen LogP contribution in [0.2, 0.25) is 0 Å². The monoisotopic (exact) mass is 235 g/mol. The summed E-state index contributed by atoms with van der Waals surface area (Å²) in [4.78, 5) is 3.95. The number of hydrogen-bond acceptors (Lipinski definition) is 2. The van der Waals surface area contributed by atoms with Crippen molar-refractivity contribution >= 4 is 0 Å². The van der Waals surface area contributed by atoms with E-state index in [1.54, 1.807) is 12.1 Å². The molecule has 0 saturated heterocycles. The third-order valence-corrected chi connectivity index (χ3v) is 2.49. The van der Waals surface area contributed by atoms with Gasteiger partial charge in [-0.3, -0.25) is 4.98 Å². The zero-order chi connectivity index (χ0) is 12.4. The molecule has 1 heterocycles. The zero-order valence-electron chi connectivity index (χ0n) is 9.19. The Morgan fingerprint density at radius 2 is 1.76 bits per heavy atom. The molecule has 2 aromatic rings. The fourth-order valence-corrected chi connectivity index (χ4v) is 1.56. The van der Waals surface area contributed by atoms with E-state index in [0.717, 1.165) is 17.7 Å². The van der Waals surface area contributed by atoms with Crippen molar-refractivity contribution in [3.05, 3.63) is 65.0 Å². The van der Waals surface area contributed by atoms with Gasteiger partial charge in [-0.2, -0.15) is 0 Å². The predicted octanol–water partition coefficient (Wildman–Crippen LogP) is 2.75. The molecule has 1 aromatic heterocycles. The van der Waals surface area contributed by atoms with Gasteiger partial charge in [0.05, 0.1) is 11.3 Å². The lowest BCUT2D eigenvalue weighted by molar-refractivity contribution is 0.204. The zero-order valence-corrected chi connectivity index (χ0v) is 9.19. The number of benzene rings is 1. The van der Waals surface area contributed by atoms with Crippen molar-refractivity contribution in [1.82, 2.24) is 4.98 Å². The molecule has 0 amide bonds. The number of nitrogens with zero attached hydrogens (tertiary/aromatic N) is 1. The Bertz CT molecular complexity index is 505. The minimum Gasteiger partial charge on any atom is -0.382 e. The van der Waals surface area contributed by atoms with Gasteiger partial charge in [-0.05, 0) is 30.7 Å². The molecule has 0 spiro atoms. The first kappa shape index (κ1) is 11.7. The number of aliphatic hydroxyl groups excluding tert-OH is 1. The van der Waals surface area contributed by atoms with E-state index in [-0.39, 0.29) is 11.3 Å². The largest absolute Gasteiger partial charge is 0.382 e. The fraction of sp³-hybridized carbons (Fsp3) is 0.154. The van der Waals surface area contributed by atoms with Crippen LogP contribution in [-0.2, 0) is 0 Å². The lowest BCUT2D eigenvalue weighted by Crippen LogP contribution is -2.07. The molecule has 17 heavy (non-hydrogen) atoms. The second-order valence-electron chi connectivity index (χ2n) is 3.80. The van der Waals surface area contributed by atoms with Crippen molar-refractivity contribution in [2.75, 3.05) is 0 Å². The van der Waals surface area contributed by atoms with Gasteiger partial charge in [0, 0.05) is 6.20 Å². The Balaban J connectivity index is 2.43. The van der Waals surface area contributed by atoms with Crippen molar-refractivity contribution in [3.63, 3.8) is 0 Å². The van der Waals surface area contributed by atoms with Gasteiger partial charge in [0.15, 0.2) is 0 Å². The molecular formula is C13H11F2NO. The van der Waals surface area contributed by atoms with Gasteiger partial charge in [-0.25, -0.2) is 8.78 Å². The molecule has 0 aliphatic heterocycles. The SMILES string of the molecule is Cc1ccc(C(O)c2c(F)cccc2F)nc1. The van der Waals surface area contributed by atoms with Crippen LogP contribution >= 0.6 is 0 Å². The molecular weight excluding hydrogens is 224 g/mol. The normalized spacial score (nSPS) is 12.5. The van der Waals surface area contributed by atoms with Gasteiger partial charge >= 0.3 is 0 Å². The summed E-state index contributed by atoms with van der Waals surface area (Å²) in [6.07, 6.45) is 0.147. The summed E-state index contributed by atoms with van der Waals surface area (Å²) in [6, 6.07) is 6.74. The van der Waals surface area contributed by atoms with Crippen LogP contribution < -0.4 is 0 Å². The van der Waals surface area contributed by atoms with Gasteiger partial charge in [0.25, 0.3) is 0 Å². The average molecular weight is 235 g/mol. The minimum atomic E-state index is -1.39. The minimum absolute atomic E-state index is 0.222. The summed E-state index contributed by atoms with van der Waals surface area (Å²) < 4.78 is 26.9. The highest BCUT2D eigenvalue weighted by atomic mass is 19.1. The van der Waals surface area contributed by atoms with Gasteiger partial charge < -0.3 is 5.11 Å². The lowest BCUT2D eigenvalue weighted by atomic mass is 10.0. The predicted molar refractivity (Wildman–Crippen MR) is 59.4 cm³/mol. The molecule has 0 aliphatic carbocycles. The number of aryl methyl sites for hydroxylation is 1. The van der Waals surface area contributed by atoms with E-state index in [1.165, 1.54) is 12.3 Å². The summed E-state index contributed by atoms with van der Waals surface area (Å²) in [5.41, 5.74) is 0.762. The Morgan fingerprint density at radius 1 is 1.12 bits per heavy atom. The molecule has 1 atom stereocenters. The average Bonchev–Trinajstić information content (AvgIpc) is 2.29. The molecule has 2 rings (SSSR count). The molecule has 0 fully saturated rings. The van der Waals surface area contributed by atoms with Crippen LogP contribution in [0.1, 0.15) is 22.9 Å². The highest BCUT2D eigenvalue weighted by molar-refractivity contribution is 5.29. The van der Waals surface area contributed by atoms with Crippen LogP contribution in [0.5, 0.6) is 0 Å². The summed E-state index contributed by atoms with van der Waals surface area (Å²) in [5, 5.41) is 9.90. The van der Waals surface area contributed by atoms with Crippen LogP contribution in [0.15, 0.2) is 36.5 Å². The third kappa shape index (κ3) is 2.31. The van der Waals surface area contributed by atoms with Crippen molar-refractivity contribution in [2.45, 2.75) is 13.0 Å². The molecule has 0 radical (unpaired) electrons. The highest BCUT2D eigenvalue weighted by Gasteiger charge is 2.20. The molecule has 1 unspecified atom stereocenters. The maximum atomic E-state index is 13.4. The summed E-state index contributed by atoms with van der Waals surface area (Å²) in [7, 11) is 0. The number of halogens is 2. The number of aliphatic hydroxyl groups is 1. The lowest BCUT2D eigenvalue weighted by Gasteiger charge is -2.12. The second kappa shape index (κ2) is 4.59. The van der Waals surface area contributed by atoms with Crippen molar-refractivity contribution in [3.8, 4) is 0 Å². The van der Waals surface area contributed by atoms with E-state index in [9.17, 15) is 13.9 Å². The van der Waals surface area contributed by atoms with E-state index in [4.69, 9.17) is 0 Å². The molecule has 0 aliphatic rings. The molecule has 2 nitrogen and oxygen atoms in total. The number of hydrogen-bond donors (Lipinski definition) is 1. The summed E-state index contributed by atoms with van der Waals surface area (Å²) in [6.45, 7) is 1.84. The number of aromatic nitrogens is 1. The summed E-state index contributed by atoms with van der Waals surface area (Å²) >= 11 is 0. The molecule has 1 aromatic carbocycles. The Morgan fingerprint density at radius 3 is 2.29 bits per heavy atom. The Hall–Kier alpha value is -1.81. The third-order valence-electron chi connectivity index (χ3n) is 2.49. The maximum absolute atomic E-state index is 13.4. The number of pyridine rings is 1. The Kier molecular flexibility index (Phi) is 3.15. The fourth-order valence-electron chi connectivity index (χ4n) is 1.56. The van der Waals surface area contributed by atoms with Crippen LogP contribution in [0.25, 0.3) is 0 Å². The van der Waals surface area contributed by atoms with Gasteiger partial charge in [-0.1, -0.05) is 12.1 Å². The quantitative estimate of drug-likeness (QED) is 0.868. The molecule has 88 valence electrons. The molecule has 0 bridgehead atoms. The molecule has 4 heteroatoms. The van der Waals surface area contributed by atoms with Gasteiger partial charge in [0.1, 0.15) is 17.7 Å². The van der Waals surface area contributed by atoms with E-state index in [1.807, 2.05) is 6.92 Å². The first-order valence-electron chi connectivity index (χ1n) is 5.14. The molecule has 1 N–H and O–H groups in total. The van der Waals surface area contributed by atoms with Crippen LogP contribution in [-0.4, -0.2) is 10.1 Å².